The molecular weight excluding hydrogens is 226 g/mol. The molecule has 0 spiro atoms. The van der Waals surface area contributed by atoms with Crippen LogP contribution in [0, 0.1) is 0 Å². The molecule has 86 valence electrons. The van der Waals surface area contributed by atoms with Gasteiger partial charge in [-0.3, -0.25) is 0 Å². The molecule has 1 aromatic rings. The van der Waals surface area contributed by atoms with Gasteiger partial charge in [-0.2, -0.15) is 0 Å². The van der Waals surface area contributed by atoms with Crippen molar-refractivity contribution in [3.63, 3.8) is 0 Å². The molecular formula is C12H14ClNO2. The van der Waals surface area contributed by atoms with Crippen LogP contribution in [-0.2, 0) is 4.79 Å². The highest BCUT2D eigenvalue weighted by Crippen LogP contribution is 2.21. The molecule has 3 nitrogen and oxygen atoms in total. The van der Waals surface area contributed by atoms with Crippen LogP contribution in [0.25, 0.3) is 0 Å². The Balaban J connectivity index is 2.60. The predicted octanol–water partition coefficient (Wildman–Crippen LogP) is 2.63. The fraction of sp³-hybridized carbons (Fsp3) is 0.250. The van der Waals surface area contributed by atoms with Crippen molar-refractivity contribution in [2.45, 2.75) is 13.0 Å². The van der Waals surface area contributed by atoms with Crippen LogP contribution in [0.15, 0.2) is 36.4 Å². The van der Waals surface area contributed by atoms with Crippen molar-refractivity contribution in [1.29, 1.82) is 0 Å². The van der Waals surface area contributed by atoms with Crippen LogP contribution in [0.3, 0.4) is 0 Å². The van der Waals surface area contributed by atoms with Crippen molar-refractivity contribution >= 4 is 17.6 Å². The molecule has 0 bridgehead atoms. The number of hydrogen-bond donors (Lipinski definition) is 2. The summed E-state index contributed by atoms with van der Waals surface area (Å²) in [5.74, 6) is -0.987. The van der Waals surface area contributed by atoms with E-state index in [4.69, 9.17) is 16.7 Å². The number of carboxylic acid groups (broad SMARTS) is 1. The number of aliphatic carboxylic acids is 1. The lowest BCUT2D eigenvalue weighted by molar-refractivity contribution is -0.132. The van der Waals surface area contributed by atoms with Gasteiger partial charge in [0.2, 0.25) is 0 Å². The summed E-state index contributed by atoms with van der Waals surface area (Å²) < 4.78 is 0. The summed E-state index contributed by atoms with van der Waals surface area (Å²) >= 11 is 6.02. The lowest BCUT2D eigenvalue weighted by Gasteiger charge is -2.15. The monoisotopic (exact) mass is 239 g/mol. The van der Waals surface area contributed by atoms with Gasteiger partial charge >= 0.3 is 5.97 Å². The fourth-order valence-corrected chi connectivity index (χ4v) is 1.59. The van der Waals surface area contributed by atoms with Gasteiger partial charge in [0.05, 0.1) is 0 Å². The topological polar surface area (TPSA) is 49.3 Å². The van der Waals surface area contributed by atoms with Crippen LogP contribution >= 0.6 is 11.6 Å². The first-order chi connectivity index (χ1) is 7.52. The van der Waals surface area contributed by atoms with Gasteiger partial charge < -0.3 is 10.4 Å². The Labute approximate surface area is 99.7 Å². The van der Waals surface area contributed by atoms with E-state index in [0.29, 0.717) is 5.02 Å². The number of nitrogens with one attached hydrogen (secondary N) is 1. The molecule has 0 saturated carbocycles. The van der Waals surface area contributed by atoms with Crippen molar-refractivity contribution in [1.82, 2.24) is 5.32 Å². The van der Waals surface area contributed by atoms with Crippen LogP contribution in [-0.4, -0.2) is 17.6 Å². The van der Waals surface area contributed by atoms with E-state index in [9.17, 15) is 4.79 Å². The maximum Gasteiger partial charge on any atom is 0.332 e. The zero-order valence-electron chi connectivity index (χ0n) is 9.03. The van der Waals surface area contributed by atoms with Gasteiger partial charge in [0.25, 0.3) is 0 Å². The van der Waals surface area contributed by atoms with Crippen LogP contribution in [0.5, 0.6) is 0 Å². The van der Waals surface area contributed by atoms with Crippen molar-refractivity contribution in [3.05, 3.63) is 47.0 Å². The van der Waals surface area contributed by atoms with Gasteiger partial charge in [0, 0.05) is 23.2 Å². The SMILES string of the molecule is C=C(CN[C@@H](C)c1ccccc1Cl)C(=O)O. The van der Waals surface area contributed by atoms with Gasteiger partial charge in [-0.1, -0.05) is 36.4 Å². The summed E-state index contributed by atoms with van der Waals surface area (Å²) in [6, 6.07) is 7.45. The van der Waals surface area contributed by atoms with Crippen molar-refractivity contribution in [2.24, 2.45) is 0 Å². The number of carbonyl (C=O) groups is 1. The summed E-state index contributed by atoms with van der Waals surface area (Å²) in [4.78, 5) is 10.5. The standard InChI is InChI=1S/C12H14ClNO2/c1-8(12(15)16)7-14-9(2)10-5-3-4-6-11(10)13/h3-6,9,14H,1,7H2,2H3,(H,15,16)/t9-/m0/s1. The smallest absolute Gasteiger partial charge is 0.332 e. The first-order valence-corrected chi connectivity index (χ1v) is 5.29. The molecule has 0 unspecified atom stereocenters. The number of hydrogen-bond acceptors (Lipinski definition) is 2. The fourth-order valence-electron chi connectivity index (χ4n) is 1.29. The third kappa shape index (κ3) is 3.36. The van der Waals surface area contributed by atoms with Crippen molar-refractivity contribution in [3.8, 4) is 0 Å². The van der Waals surface area contributed by atoms with E-state index in [1.807, 2.05) is 25.1 Å². The van der Waals surface area contributed by atoms with Crippen LogP contribution < -0.4 is 5.32 Å². The molecule has 2 N–H and O–H groups in total. The number of rotatable bonds is 5. The Morgan fingerprint density at radius 2 is 2.19 bits per heavy atom. The van der Waals surface area contributed by atoms with E-state index in [1.165, 1.54) is 0 Å². The average molecular weight is 240 g/mol. The van der Waals surface area contributed by atoms with Crippen LogP contribution in [0.1, 0.15) is 18.5 Å². The Kier molecular flexibility index (Phi) is 4.52. The Hall–Kier alpha value is -1.32. The Morgan fingerprint density at radius 1 is 1.56 bits per heavy atom. The van der Waals surface area contributed by atoms with Crippen molar-refractivity contribution in [2.75, 3.05) is 6.54 Å². The van der Waals surface area contributed by atoms with Crippen molar-refractivity contribution < 1.29 is 9.90 Å². The highest BCUT2D eigenvalue weighted by molar-refractivity contribution is 6.31. The largest absolute Gasteiger partial charge is 0.478 e. The zero-order chi connectivity index (χ0) is 12.1. The molecule has 0 amide bonds. The Bertz CT molecular complexity index is 404. The van der Waals surface area contributed by atoms with Gasteiger partial charge in [0.1, 0.15) is 0 Å². The molecule has 0 aliphatic rings. The minimum Gasteiger partial charge on any atom is -0.478 e. The van der Waals surface area contributed by atoms with E-state index >= 15 is 0 Å². The highest BCUT2D eigenvalue weighted by atomic mass is 35.5. The van der Waals surface area contributed by atoms with Gasteiger partial charge in [-0.05, 0) is 18.6 Å². The minimum atomic E-state index is -0.987. The second-order valence-corrected chi connectivity index (χ2v) is 3.94. The highest BCUT2D eigenvalue weighted by Gasteiger charge is 2.10. The minimum absolute atomic E-state index is 0.00944. The summed E-state index contributed by atoms with van der Waals surface area (Å²) in [6.45, 7) is 5.61. The lowest BCUT2D eigenvalue weighted by atomic mass is 10.1. The van der Waals surface area contributed by atoms with Gasteiger partial charge in [-0.15, -0.1) is 0 Å². The van der Waals surface area contributed by atoms with E-state index in [1.54, 1.807) is 6.07 Å². The molecule has 1 aromatic carbocycles. The molecule has 0 radical (unpaired) electrons. The second kappa shape index (κ2) is 5.68. The van der Waals surface area contributed by atoms with Crippen LogP contribution in [0.4, 0.5) is 0 Å². The molecule has 16 heavy (non-hydrogen) atoms. The molecule has 0 fully saturated rings. The third-order valence-electron chi connectivity index (χ3n) is 2.30. The summed E-state index contributed by atoms with van der Waals surface area (Å²) in [7, 11) is 0. The van der Waals surface area contributed by atoms with Gasteiger partial charge in [-0.25, -0.2) is 4.79 Å². The summed E-state index contributed by atoms with van der Waals surface area (Å²) in [6.07, 6.45) is 0. The van der Waals surface area contributed by atoms with E-state index in [2.05, 4.69) is 11.9 Å². The maximum absolute atomic E-state index is 10.5. The molecule has 4 heteroatoms. The average Bonchev–Trinajstić information content (AvgIpc) is 2.25. The van der Waals surface area contributed by atoms with E-state index in [-0.39, 0.29) is 18.2 Å². The maximum atomic E-state index is 10.5. The Morgan fingerprint density at radius 3 is 2.75 bits per heavy atom. The normalized spacial score (nSPS) is 12.1. The van der Waals surface area contributed by atoms with Gasteiger partial charge in [0.15, 0.2) is 0 Å². The second-order valence-electron chi connectivity index (χ2n) is 3.53. The summed E-state index contributed by atoms with van der Waals surface area (Å²) in [5.41, 5.74) is 1.08. The molecule has 1 rings (SSSR count). The number of carboxylic acids is 1. The first kappa shape index (κ1) is 12.7. The quantitative estimate of drug-likeness (QED) is 0.777. The van der Waals surface area contributed by atoms with E-state index < -0.39 is 5.97 Å². The predicted molar refractivity (Wildman–Crippen MR) is 64.6 cm³/mol. The third-order valence-corrected chi connectivity index (χ3v) is 2.64. The molecule has 0 heterocycles. The molecule has 1 atom stereocenters. The zero-order valence-corrected chi connectivity index (χ0v) is 9.79. The lowest BCUT2D eigenvalue weighted by Crippen LogP contribution is -2.23. The van der Waals surface area contributed by atoms with E-state index in [0.717, 1.165) is 5.56 Å². The summed E-state index contributed by atoms with van der Waals surface area (Å²) in [5, 5.41) is 12.4. The molecule has 0 aromatic heterocycles. The molecule has 0 aliphatic heterocycles. The first-order valence-electron chi connectivity index (χ1n) is 4.91. The number of benzene rings is 1. The molecule has 0 saturated heterocycles. The number of halogens is 1. The molecule has 0 aliphatic carbocycles. The van der Waals surface area contributed by atoms with Crippen LogP contribution in [0.2, 0.25) is 5.02 Å².